The Morgan fingerprint density at radius 1 is 1.00 bits per heavy atom. The molecule has 0 heterocycles. The summed E-state index contributed by atoms with van der Waals surface area (Å²) in [5.41, 5.74) is 2.38. The number of aliphatic hydroxyl groups is 1. The molecule has 0 aliphatic carbocycles. The molecule has 2 aromatic carbocycles. The molecule has 2 rings (SSSR count). The molecule has 0 aliphatic rings. The van der Waals surface area contributed by atoms with Crippen molar-refractivity contribution >= 4 is 0 Å². The topological polar surface area (TPSA) is 41.5 Å². The number of aliphatic hydroxyl groups excluding tert-OH is 1. The Hall–Kier alpha value is -1.84. The van der Waals surface area contributed by atoms with E-state index in [0.717, 1.165) is 12.3 Å². The summed E-state index contributed by atoms with van der Waals surface area (Å²) in [5, 5.41) is 13.3. The minimum atomic E-state index is -0.524. The van der Waals surface area contributed by atoms with Crippen LogP contribution < -0.4 is 10.1 Å². The van der Waals surface area contributed by atoms with Gasteiger partial charge in [0.15, 0.2) is 0 Å². The van der Waals surface area contributed by atoms with Crippen LogP contribution in [0.5, 0.6) is 5.75 Å². The van der Waals surface area contributed by atoms with Crippen LogP contribution in [0.25, 0.3) is 0 Å². The zero-order valence-corrected chi connectivity index (χ0v) is 13.3. The third-order valence-electron chi connectivity index (χ3n) is 3.52. The van der Waals surface area contributed by atoms with Gasteiger partial charge < -0.3 is 15.2 Å². The van der Waals surface area contributed by atoms with Crippen LogP contribution in [0.1, 0.15) is 30.9 Å². The molecule has 0 bridgehead atoms. The van der Waals surface area contributed by atoms with Crippen molar-refractivity contribution in [2.24, 2.45) is 0 Å². The number of ether oxygens (including phenoxy) is 1. The number of para-hydroxylation sites is 1. The quantitative estimate of drug-likeness (QED) is 0.785. The number of nitrogens with one attached hydrogen (secondary N) is 1. The highest BCUT2D eigenvalue weighted by molar-refractivity contribution is 5.35. The number of hydrogen-bond donors (Lipinski definition) is 2. The summed E-state index contributed by atoms with van der Waals surface area (Å²) in [6.45, 7) is 5.84. The molecule has 1 unspecified atom stereocenters. The first-order valence-corrected chi connectivity index (χ1v) is 7.81. The Kier molecular flexibility index (Phi) is 6.44. The van der Waals surface area contributed by atoms with Gasteiger partial charge >= 0.3 is 0 Å². The maximum atomic E-state index is 10.0. The van der Waals surface area contributed by atoms with E-state index in [4.69, 9.17) is 4.74 Å². The molecule has 0 radical (unpaired) electrons. The number of rotatable bonds is 8. The van der Waals surface area contributed by atoms with Crippen molar-refractivity contribution in [3.63, 3.8) is 0 Å². The van der Waals surface area contributed by atoms with E-state index in [0.29, 0.717) is 19.1 Å². The van der Waals surface area contributed by atoms with E-state index >= 15 is 0 Å². The molecule has 1 atom stereocenters. The maximum Gasteiger partial charge on any atom is 0.122 e. The molecule has 0 aromatic heterocycles. The van der Waals surface area contributed by atoms with Gasteiger partial charge in [-0.15, -0.1) is 0 Å². The molecule has 0 saturated heterocycles. The molecule has 0 amide bonds. The lowest BCUT2D eigenvalue weighted by atomic mass is 10.0. The second kappa shape index (κ2) is 8.57. The van der Waals surface area contributed by atoms with Gasteiger partial charge in [0.25, 0.3) is 0 Å². The van der Waals surface area contributed by atoms with Crippen LogP contribution in [0.15, 0.2) is 54.6 Å². The normalized spacial score (nSPS) is 12.4. The third kappa shape index (κ3) is 5.17. The Morgan fingerprint density at radius 2 is 1.68 bits per heavy atom. The molecule has 2 aromatic rings. The number of benzene rings is 2. The zero-order chi connectivity index (χ0) is 15.8. The molecule has 118 valence electrons. The lowest BCUT2D eigenvalue weighted by Crippen LogP contribution is -2.31. The van der Waals surface area contributed by atoms with E-state index in [-0.39, 0.29) is 0 Å². The maximum absolute atomic E-state index is 10.0. The molecule has 0 spiro atoms. The van der Waals surface area contributed by atoms with Gasteiger partial charge in [-0.05, 0) is 23.1 Å². The van der Waals surface area contributed by atoms with Gasteiger partial charge in [-0.2, -0.15) is 0 Å². The minimum absolute atomic E-state index is 0.297. The molecule has 2 N–H and O–H groups in total. The van der Waals surface area contributed by atoms with Crippen molar-refractivity contribution in [2.75, 3.05) is 13.2 Å². The van der Waals surface area contributed by atoms with Gasteiger partial charge in [-0.25, -0.2) is 0 Å². The first-order valence-electron chi connectivity index (χ1n) is 7.81. The summed E-state index contributed by atoms with van der Waals surface area (Å²) in [5.74, 6) is 1.27. The predicted octanol–water partition coefficient (Wildman–Crippen LogP) is 3.34. The van der Waals surface area contributed by atoms with Crippen molar-refractivity contribution in [3.8, 4) is 5.75 Å². The summed E-state index contributed by atoms with van der Waals surface area (Å²) in [4.78, 5) is 0. The molecule has 3 heteroatoms. The second-order valence-corrected chi connectivity index (χ2v) is 5.77. The predicted molar refractivity (Wildman–Crippen MR) is 90.2 cm³/mol. The second-order valence-electron chi connectivity index (χ2n) is 5.77. The van der Waals surface area contributed by atoms with Gasteiger partial charge in [0.05, 0.1) is 0 Å². The fraction of sp³-hybridized carbons (Fsp3) is 0.368. The van der Waals surface area contributed by atoms with Crippen LogP contribution in [0.3, 0.4) is 0 Å². The van der Waals surface area contributed by atoms with Gasteiger partial charge in [-0.1, -0.05) is 62.4 Å². The zero-order valence-electron chi connectivity index (χ0n) is 13.3. The molecule has 22 heavy (non-hydrogen) atoms. The van der Waals surface area contributed by atoms with Crippen molar-refractivity contribution in [1.82, 2.24) is 5.32 Å². The highest BCUT2D eigenvalue weighted by atomic mass is 16.5. The van der Waals surface area contributed by atoms with Gasteiger partial charge in [0.2, 0.25) is 0 Å². The van der Waals surface area contributed by atoms with Crippen LogP contribution in [-0.2, 0) is 6.54 Å². The SMILES string of the molecule is CC(C)c1ccccc1OCC(O)CNCc1ccccc1. The first kappa shape index (κ1) is 16.5. The average Bonchev–Trinajstić information content (AvgIpc) is 2.54. The molecule has 3 nitrogen and oxygen atoms in total. The molecule has 0 saturated carbocycles. The molecule has 0 fully saturated rings. The Labute approximate surface area is 133 Å². The van der Waals surface area contributed by atoms with Crippen LogP contribution in [0.2, 0.25) is 0 Å². The average molecular weight is 299 g/mol. The van der Waals surface area contributed by atoms with Crippen LogP contribution in [0.4, 0.5) is 0 Å². The van der Waals surface area contributed by atoms with Gasteiger partial charge in [0, 0.05) is 13.1 Å². The van der Waals surface area contributed by atoms with Crippen molar-refractivity contribution in [2.45, 2.75) is 32.4 Å². The summed E-state index contributed by atoms with van der Waals surface area (Å²) in [6.07, 6.45) is -0.524. The standard InChI is InChI=1S/C19H25NO2/c1-15(2)18-10-6-7-11-19(18)22-14-17(21)13-20-12-16-8-4-3-5-9-16/h3-11,15,17,20-21H,12-14H2,1-2H3. The van der Waals surface area contributed by atoms with E-state index in [9.17, 15) is 5.11 Å². The van der Waals surface area contributed by atoms with Gasteiger partial charge in [-0.3, -0.25) is 0 Å². The smallest absolute Gasteiger partial charge is 0.122 e. The van der Waals surface area contributed by atoms with E-state index in [2.05, 4.69) is 37.4 Å². The van der Waals surface area contributed by atoms with Crippen molar-refractivity contribution in [3.05, 3.63) is 65.7 Å². The fourth-order valence-electron chi connectivity index (χ4n) is 2.31. The van der Waals surface area contributed by atoms with Gasteiger partial charge in [0.1, 0.15) is 18.5 Å². The Balaban J connectivity index is 1.75. The summed E-state index contributed by atoms with van der Waals surface area (Å²) >= 11 is 0. The summed E-state index contributed by atoms with van der Waals surface area (Å²) in [6, 6.07) is 18.2. The van der Waals surface area contributed by atoms with Crippen molar-refractivity contribution < 1.29 is 9.84 Å². The third-order valence-corrected chi connectivity index (χ3v) is 3.52. The number of hydrogen-bond acceptors (Lipinski definition) is 3. The van der Waals surface area contributed by atoms with E-state index < -0.39 is 6.10 Å². The van der Waals surface area contributed by atoms with Crippen LogP contribution in [-0.4, -0.2) is 24.4 Å². The van der Waals surface area contributed by atoms with E-state index in [1.54, 1.807) is 0 Å². The van der Waals surface area contributed by atoms with E-state index in [1.165, 1.54) is 11.1 Å². The Bertz CT molecular complexity index is 554. The largest absolute Gasteiger partial charge is 0.491 e. The highest BCUT2D eigenvalue weighted by Crippen LogP contribution is 2.25. The first-order chi connectivity index (χ1) is 10.7. The molecular formula is C19H25NO2. The molecule has 0 aliphatic heterocycles. The molecular weight excluding hydrogens is 274 g/mol. The highest BCUT2D eigenvalue weighted by Gasteiger charge is 2.09. The lowest BCUT2D eigenvalue weighted by molar-refractivity contribution is 0.105. The minimum Gasteiger partial charge on any atom is -0.491 e. The summed E-state index contributed by atoms with van der Waals surface area (Å²) < 4.78 is 5.77. The monoisotopic (exact) mass is 299 g/mol. The summed E-state index contributed by atoms with van der Waals surface area (Å²) in [7, 11) is 0. The van der Waals surface area contributed by atoms with Crippen LogP contribution in [0, 0.1) is 0 Å². The Morgan fingerprint density at radius 3 is 2.41 bits per heavy atom. The lowest BCUT2D eigenvalue weighted by Gasteiger charge is -2.17. The fourth-order valence-corrected chi connectivity index (χ4v) is 2.31. The van der Waals surface area contributed by atoms with E-state index in [1.807, 2.05) is 36.4 Å². The van der Waals surface area contributed by atoms with Crippen LogP contribution >= 0.6 is 0 Å². The van der Waals surface area contributed by atoms with Crippen molar-refractivity contribution in [1.29, 1.82) is 0 Å².